The average molecular weight is 451 g/mol. The third kappa shape index (κ3) is 5.53. The van der Waals surface area contributed by atoms with Crippen LogP contribution >= 0.6 is 0 Å². The van der Waals surface area contributed by atoms with Gasteiger partial charge in [-0.15, -0.1) is 0 Å². The van der Waals surface area contributed by atoms with E-state index < -0.39 is 18.3 Å². The van der Waals surface area contributed by atoms with E-state index in [0.717, 1.165) is 29.6 Å². The number of ether oxygens (including phenoxy) is 2. The average Bonchev–Trinajstić information content (AvgIpc) is 3.04. The number of hydrogen-bond donors (Lipinski definition) is 0. The van der Waals surface area contributed by atoms with Crippen LogP contribution in [0.2, 0.25) is 0 Å². The van der Waals surface area contributed by atoms with Crippen molar-refractivity contribution in [2.45, 2.75) is 58.3 Å². The minimum atomic E-state index is -0.451. The highest BCUT2D eigenvalue weighted by Gasteiger charge is 2.52. The van der Waals surface area contributed by atoms with Gasteiger partial charge in [-0.2, -0.15) is 0 Å². The Labute approximate surface area is 197 Å². The second-order valence-corrected chi connectivity index (χ2v) is 9.91. The Morgan fingerprint density at radius 3 is 2.24 bits per heavy atom. The van der Waals surface area contributed by atoms with Crippen LogP contribution in [0.4, 0.5) is 4.79 Å². The van der Waals surface area contributed by atoms with Crippen LogP contribution in [0.3, 0.4) is 0 Å². The molecule has 0 saturated carbocycles. The summed E-state index contributed by atoms with van der Waals surface area (Å²) in [5.41, 5.74) is 1.12. The Kier molecular flexibility index (Phi) is 7.01. The van der Waals surface area contributed by atoms with Gasteiger partial charge in [-0.25, -0.2) is 4.79 Å². The third-order valence-electron chi connectivity index (χ3n) is 6.98. The summed E-state index contributed by atoms with van der Waals surface area (Å²) in [5.74, 6) is 1.18. The largest absolute Gasteiger partial charge is 0.498 e. The first-order valence-electron chi connectivity index (χ1n) is 11.8. The number of para-hydroxylation sites is 1. The van der Waals surface area contributed by atoms with Crippen LogP contribution in [-0.4, -0.2) is 49.0 Å². The van der Waals surface area contributed by atoms with Crippen molar-refractivity contribution in [3.63, 3.8) is 0 Å². The van der Waals surface area contributed by atoms with Crippen LogP contribution in [0, 0.1) is 5.92 Å². The molecule has 2 aliphatic heterocycles. The van der Waals surface area contributed by atoms with Gasteiger partial charge in [0.1, 0.15) is 12.4 Å². The molecule has 2 saturated heterocycles. The molecule has 6 nitrogen and oxygen atoms in total. The van der Waals surface area contributed by atoms with Gasteiger partial charge in [-0.1, -0.05) is 48.5 Å². The van der Waals surface area contributed by atoms with E-state index in [2.05, 4.69) is 27.7 Å². The van der Waals surface area contributed by atoms with Crippen molar-refractivity contribution in [1.29, 1.82) is 0 Å². The Bertz CT molecular complexity index is 925. The van der Waals surface area contributed by atoms with E-state index in [-0.39, 0.29) is 6.09 Å². The highest BCUT2D eigenvalue weighted by molar-refractivity contribution is 6.63. The Hall–Kier alpha value is -2.51. The van der Waals surface area contributed by atoms with E-state index in [1.165, 1.54) is 0 Å². The second-order valence-electron chi connectivity index (χ2n) is 9.91. The molecular formula is C26H34BNO5. The zero-order valence-electron chi connectivity index (χ0n) is 20.1. The minimum absolute atomic E-state index is 0.246. The van der Waals surface area contributed by atoms with Crippen molar-refractivity contribution in [1.82, 2.24) is 4.90 Å². The lowest BCUT2D eigenvalue weighted by atomic mass is 9.78. The monoisotopic (exact) mass is 451 g/mol. The first-order chi connectivity index (χ1) is 15.7. The molecule has 2 aromatic rings. The van der Waals surface area contributed by atoms with Crippen molar-refractivity contribution >= 4 is 18.7 Å². The van der Waals surface area contributed by atoms with Gasteiger partial charge in [0, 0.05) is 18.6 Å². The quantitative estimate of drug-likeness (QED) is 0.609. The zero-order valence-corrected chi connectivity index (χ0v) is 20.1. The molecule has 33 heavy (non-hydrogen) atoms. The molecule has 4 rings (SSSR count). The van der Waals surface area contributed by atoms with Gasteiger partial charge in [0.15, 0.2) is 0 Å². The summed E-state index contributed by atoms with van der Waals surface area (Å²) in [6, 6.07) is 17.7. The third-order valence-corrected chi connectivity index (χ3v) is 6.98. The fourth-order valence-corrected chi connectivity index (χ4v) is 4.08. The highest BCUT2D eigenvalue weighted by atomic mass is 16.7. The molecule has 0 atom stereocenters. The number of benzene rings is 2. The standard InChI is InChI=1S/C26H34BNO5/c1-25(2)26(3,4)33-27(32-25)22-12-8-9-13-23(22)30-18-21-14-16-28(17-15-21)24(29)31-19-20-10-6-5-7-11-20/h5-13,21H,14-19H2,1-4H3. The Morgan fingerprint density at radius 1 is 0.970 bits per heavy atom. The predicted molar refractivity (Wildman–Crippen MR) is 129 cm³/mol. The molecule has 0 radical (unpaired) electrons. The SMILES string of the molecule is CC1(C)OB(c2ccccc2OCC2CCN(C(=O)OCc3ccccc3)CC2)OC1(C)C. The van der Waals surface area contributed by atoms with Crippen LogP contribution in [0.5, 0.6) is 5.75 Å². The van der Waals surface area contributed by atoms with Gasteiger partial charge in [0.05, 0.1) is 17.8 Å². The number of likely N-dealkylation sites (tertiary alicyclic amines) is 1. The molecule has 2 fully saturated rings. The molecule has 2 aliphatic rings. The number of carbonyl (C=O) groups is 1. The molecule has 0 N–H and O–H groups in total. The smallest absolute Gasteiger partial charge is 0.494 e. The number of piperidine rings is 1. The van der Waals surface area contributed by atoms with Crippen LogP contribution in [-0.2, 0) is 20.7 Å². The molecule has 1 amide bonds. The van der Waals surface area contributed by atoms with Gasteiger partial charge in [0.25, 0.3) is 0 Å². The summed E-state index contributed by atoms with van der Waals surface area (Å²) in [7, 11) is -0.451. The maximum Gasteiger partial charge on any atom is 0.498 e. The maximum atomic E-state index is 12.4. The fourth-order valence-electron chi connectivity index (χ4n) is 4.08. The molecule has 0 aliphatic carbocycles. The molecule has 0 spiro atoms. The lowest BCUT2D eigenvalue weighted by Crippen LogP contribution is -2.41. The summed E-state index contributed by atoms with van der Waals surface area (Å²) in [5, 5.41) is 0. The Morgan fingerprint density at radius 2 is 1.58 bits per heavy atom. The molecular weight excluding hydrogens is 417 g/mol. The molecule has 0 unspecified atom stereocenters. The highest BCUT2D eigenvalue weighted by Crippen LogP contribution is 2.37. The normalized spacial score (nSPS) is 20.0. The molecule has 2 aromatic carbocycles. The summed E-state index contributed by atoms with van der Waals surface area (Å²) in [4.78, 5) is 14.2. The lowest BCUT2D eigenvalue weighted by Gasteiger charge is -2.32. The van der Waals surface area contributed by atoms with Crippen molar-refractivity contribution in [2.75, 3.05) is 19.7 Å². The van der Waals surface area contributed by atoms with Crippen molar-refractivity contribution < 1.29 is 23.6 Å². The first-order valence-corrected chi connectivity index (χ1v) is 11.8. The first kappa shape index (κ1) is 23.6. The van der Waals surface area contributed by atoms with Crippen molar-refractivity contribution in [3.05, 3.63) is 60.2 Å². The molecule has 7 heteroatoms. The van der Waals surface area contributed by atoms with Gasteiger partial charge in [0.2, 0.25) is 0 Å². The molecule has 2 heterocycles. The molecule has 0 bridgehead atoms. The van der Waals surface area contributed by atoms with Crippen LogP contribution < -0.4 is 10.2 Å². The van der Waals surface area contributed by atoms with Crippen LogP contribution in [0.1, 0.15) is 46.1 Å². The number of carbonyl (C=O) groups excluding carboxylic acids is 1. The van der Waals surface area contributed by atoms with E-state index in [1.54, 1.807) is 4.90 Å². The number of amides is 1. The van der Waals surface area contributed by atoms with Crippen molar-refractivity contribution in [3.8, 4) is 5.75 Å². The Balaban J connectivity index is 1.26. The van der Waals surface area contributed by atoms with Crippen LogP contribution in [0.25, 0.3) is 0 Å². The number of rotatable bonds is 6. The summed E-state index contributed by atoms with van der Waals surface area (Å²) < 4.78 is 24.1. The number of hydrogen-bond acceptors (Lipinski definition) is 5. The van der Waals surface area contributed by atoms with E-state index >= 15 is 0 Å². The maximum absolute atomic E-state index is 12.4. The van der Waals surface area contributed by atoms with E-state index in [0.29, 0.717) is 32.2 Å². The summed E-state index contributed by atoms with van der Waals surface area (Å²) >= 11 is 0. The molecule has 176 valence electrons. The van der Waals surface area contributed by atoms with Crippen molar-refractivity contribution in [2.24, 2.45) is 5.92 Å². The molecule has 0 aromatic heterocycles. The van der Waals surface area contributed by atoms with E-state index in [4.69, 9.17) is 18.8 Å². The van der Waals surface area contributed by atoms with Crippen LogP contribution in [0.15, 0.2) is 54.6 Å². The topological polar surface area (TPSA) is 57.2 Å². The van der Waals surface area contributed by atoms with Gasteiger partial charge in [-0.05, 0) is 58.1 Å². The number of nitrogens with zero attached hydrogens (tertiary/aromatic N) is 1. The van der Waals surface area contributed by atoms with Gasteiger partial charge >= 0.3 is 13.2 Å². The minimum Gasteiger partial charge on any atom is -0.494 e. The van der Waals surface area contributed by atoms with Gasteiger partial charge < -0.3 is 23.7 Å². The zero-order chi connectivity index (χ0) is 23.5. The summed E-state index contributed by atoms with van der Waals surface area (Å²) in [6.45, 7) is 10.5. The fraction of sp³-hybridized carbons (Fsp3) is 0.500. The lowest BCUT2D eigenvalue weighted by molar-refractivity contribution is 0.00578. The predicted octanol–water partition coefficient (Wildman–Crippen LogP) is 4.41. The summed E-state index contributed by atoms with van der Waals surface area (Å²) in [6.07, 6.45) is 1.53. The van der Waals surface area contributed by atoms with E-state index in [1.807, 2.05) is 54.6 Å². The second kappa shape index (κ2) is 9.78. The van der Waals surface area contributed by atoms with E-state index in [9.17, 15) is 4.79 Å². The van der Waals surface area contributed by atoms with Gasteiger partial charge in [-0.3, -0.25) is 0 Å².